The standard InChI is InChI=1S/C21H30N4O7S/c1-14-10-19(29)25(14)13-21(2,33(31)32)12-23-24-18(28)6-4-3-5-9-22-20(30)15-7-8-16(26)17(27)11-15/h7-8,11-12,14,26-27,33H,3-6,9-10,13H2,1-2H3,(H,22,30)(H,24,28)/b23-12+/t14-,21+/m1/s1. The number of phenolic OH excluding ortho intramolecular Hbond substituents is 2. The highest BCUT2D eigenvalue weighted by molar-refractivity contribution is 7.75. The van der Waals surface area contributed by atoms with E-state index in [1.807, 2.05) is 6.92 Å². The van der Waals surface area contributed by atoms with Gasteiger partial charge in [-0.2, -0.15) is 5.10 Å². The van der Waals surface area contributed by atoms with Crippen molar-refractivity contribution < 1.29 is 33.0 Å². The fraction of sp³-hybridized carbons (Fsp3) is 0.524. The number of nitrogens with zero attached hydrogens (tertiary/aromatic N) is 2. The SMILES string of the molecule is C[C@@H]1CC(=O)N1C[C@](C)(/C=N/NC(=O)CCCCCNC(=O)c1ccc(O)c(O)c1)[SH](=O)=O. The van der Waals surface area contributed by atoms with Crippen molar-refractivity contribution in [3.05, 3.63) is 23.8 Å². The van der Waals surface area contributed by atoms with E-state index in [1.54, 1.807) is 0 Å². The quantitative estimate of drug-likeness (QED) is 0.0722. The molecule has 0 bridgehead atoms. The lowest BCUT2D eigenvalue weighted by molar-refractivity contribution is -0.145. The highest BCUT2D eigenvalue weighted by atomic mass is 32.2. The van der Waals surface area contributed by atoms with Crippen molar-refractivity contribution in [2.45, 2.75) is 56.7 Å². The molecule has 1 aliphatic rings. The third-order valence-electron chi connectivity index (χ3n) is 5.37. The minimum Gasteiger partial charge on any atom is -0.504 e. The molecule has 12 heteroatoms. The van der Waals surface area contributed by atoms with Crippen LogP contribution in [0.3, 0.4) is 0 Å². The summed E-state index contributed by atoms with van der Waals surface area (Å²) in [4.78, 5) is 37.0. The van der Waals surface area contributed by atoms with Gasteiger partial charge in [-0.15, -0.1) is 0 Å². The zero-order valence-electron chi connectivity index (χ0n) is 18.6. The number of hydrazone groups is 1. The van der Waals surface area contributed by atoms with Gasteiger partial charge in [0.15, 0.2) is 22.2 Å². The average Bonchev–Trinajstić information content (AvgIpc) is 2.76. The van der Waals surface area contributed by atoms with E-state index < -0.39 is 15.5 Å². The van der Waals surface area contributed by atoms with Crippen LogP contribution >= 0.6 is 0 Å². The topological polar surface area (TPSA) is 165 Å². The first kappa shape index (κ1) is 26.1. The van der Waals surface area contributed by atoms with Gasteiger partial charge >= 0.3 is 0 Å². The minimum absolute atomic E-state index is 0.0133. The van der Waals surface area contributed by atoms with Gasteiger partial charge < -0.3 is 20.4 Å². The average molecular weight is 483 g/mol. The fourth-order valence-electron chi connectivity index (χ4n) is 3.20. The Labute approximate surface area is 193 Å². The van der Waals surface area contributed by atoms with Crippen molar-refractivity contribution in [1.29, 1.82) is 0 Å². The first-order chi connectivity index (χ1) is 15.5. The molecule has 2 atom stereocenters. The van der Waals surface area contributed by atoms with Gasteiger partial charge in [-0.1, -0.05) is 6.42 Å². The van der Waals surface area contributed by atoms with Crippen molar-refractivity contribution in [1.82, 2.24) is 15.6 Å². The molecule has 0 aliphatic carbocycles. The van der Waals surface area contributed by atoms with Gasteiger partial charge in [-0.25, -0.2) is 13.8 Å². The highest BCUT2D eigenvalue weighted by Crippen LogP contribution is 2.25. The molecule has 0 spiro atoms. The third kappa shape index (κ3) is 7.45. The van der Waals surface area contributed by atoms with Crippen molar-refractivity contribution in [3.8, 4) is 11.5 Å². The van der Waals surface area contributed by atoms with Gasteiger partial charge in [-0.3, -0.25) is 14.4 Å². The Balaban J connectivity index is 1.66. The maximum Gasteiger partial charge on any atom is 0.251 e. The molecule has 33 heavy (non-hydrogen) atoms. The number of β-lactam (4-membered cyclic amide) rings is 1. The zero-order chi connectivity index (χ0) is 24.6. The summed E-state index contributed by atoms with van der Waals surface area (Å²) in [5, 5.41) is 25.1. The molecule has 1 aliphatic heterocycles. The number of likely N-dealkylation sites (tertiary alicyclic amines) is 1. The molecular formula is C21H30N4O7S. The monoisotopic (exact) mass is 482 g/mol. The molecule has 0 unspecified atom stereocenters. The van der Waals surface area contributed by atoms with Gasteiger partial charge in [0.2, 0.25) is 11.8 Å². The predicted octanol–water partition coefficient (Wildman–Crippen LogP) is 0.481. The van der Waals surface area contributed by atoms with Crippen molar-refractivity contribution in [2.75, 3.05) is 13.1 Å². The number of carbonyl (C=O) groups is 3. The Kier molecular flexibility index (Phi) is 9.21. The second-order valence-electron chi connectivity index (χ2n) is 8.25. The van der Waals surface area contributed by atoms with Crippen LogP contribution in [0.4, 0.5) is 0 Å². The molecule has 1 aromatic rings. The Bertz CT molecular complexity index is 987. The summed E-state index contributed by atoms with van der Waals surface area (Å²) >= 11 is 0. The van der Waals surface area contributed by atoms with Crippen LogP contribution in [0, 0.1) is 0 Å². The Hall–Kier alpha value is -3.15. The Morgan fingerprint density at radius 1 is 1.24 bits per heavy atom. The molecule has 0 aromatic heterocycles. The van der Waals surface area contributed by atoms with Crippen molar-refractivity contribution >= 4 is 34.6 Å². The number of nitrogens with one attached hydrogen (secondary N) is 2. The third-order valence-corrected chi connectivity index (χ3v) is 6.46. The number of amides is 3. The van der Waals surface area contributed by atoms with Gasteiger partial charge in [-0.05, 0) is 44.9 Å². The van der Waals surface area contributed by atoms with Crippen LogP contribution < -0.4 is 10.7 Å². The first-order valence-corrected chi connectivity index (χ1v) is 11.8. The summed E-state index contributed by atoms with van der Waals surface area (Å²) in [7, 11) is -2.92. The summed E-state index contributed by atoms with van der Waals surface area (Å²) in [6.45, 7) is 3.64. The van der Waals surface area contributed by atoms with Crippen LogP contribution in [-0.4, -0.2) is 71.3 Å². The Morgan fingerprint density at radius 3 is 2.58 bits per heavy atom. The van der Waals surface area contributed by atoms with Crippen LogP contribution in [0.15, 0.2) is 23.3 Å². The van der Waals surface area contributed by atoms with Crippen LogP contribution in [0.5, 0.6) is 11.5 Å². The number of hydrogen-bond donors (Lipinski definition) is 5. The molecule has 1 saturated heterocycles. The minimum atomic E-state index is -2.92. The van der Waals surface area contributed by atoms with E-state index in [2.05, 4.69) is 15.8 Å². The summed E-state index contributed by atoms with van der Waals surface area (Å²) in [5.41, 5.74) is 2.54. The fourth-order valence-corrected chi connectivity index (χ4v) is 3.62. The lowest BCUT2D eigenvalue weighted by Gasteiger charge is -2.41. The van der Waals surface area contributed by atoms with Crippen LogP contribution in [0.2, 0.25) is 0 Å². The number of aromatic hydroxyl groups is 2. The Morgan fingerprint density at radius 2 is 1.97 bits per heavy atom. The number of phenols is 2. The molecule has 1 aromatic carbocycles. The lowest BCUT2D eigenvalue weighted by atomic mass is 10.0. The molecular weight excluding hydrogens is 452 g/mol. The lowest BCUT2D eigenvalue weighted by Crippen LogP contribution is -2.57. The van der Waals surface area contributed by atoms with E-state index in [0.29, 0.717) is 32.2 Å². The second kappa shape index (κ2) is 11.6. The van der Waals surface area contributed by atoms with E-state index in [1.165, 1.54) is 30.0 Å². The summed E-state index contributed by atoms with van der Waals surface area (Å²) in [5.74, 6) is -1.54. The molecule has 1 heterocycles. The normalized spacial score (nSPS) is 17.6. The summed E-state index contributed by atoms with van der Waals surface area (Å²) in [6.07, 6.45) is 3.55. The van der Waals surface area contributed by atoms with E-state index in [4.69, 9.17) is 0 Å². The van der Waals surface area contributed by atoms with Crippen LogP contribution in [0.25, 0.3) is 0 Å². The van der Waals surface area contributed by atoms with Gasteiger partial charge in [0.1, 0.15) is 4.75 Å². The van der Waals surface area contributed by atoms with Gasteiger partial charge in [0.05, 0.1) is 0 Å². The van der Waals surface area contributed by atoms with E-state index in [0.717, 1.165) is 6.21 Å². The highest BCUT2D eigenvalue weighted by Gasteiger charge is 2.39. The number of unbranched alkanes of at least 4 members (excludes halogenated alkanes) is 2. The largest absolute Gasteiger partial charge is 0.504 e. The summed E-state index contributed by atoms with van der Waals surface area (Å²) < 4.78 is 22.0. The van der Waals surface area contributed by atoms with E-state index in [-0.39, 0.29) is 53.8 Å². The van der Waals surface area contributed by atoms with Crippen molar-refractivity contribution in [2.24, 2.45) is 5.10 Å². The molecule has 4 N–H and O–H groups in total. The number of rotatable bonds is 12. The van der Waals surface area contributed by atoms with Crippen LogP contribution in [0.1, 0.15) is 56.3 Å². The van der Waals surface area contributed by atoms with Gasteiger partial charge in [0, 0.05) is 43.8 Å². The maximum absolute atomic E-state index is 12.0. The first-order valence-electron chi connectivity index (χ1n) is 10.6. The van der Waals surface area contributed by atoms with E-state index in [9.17, 15) is 33.0 Å². The molecule has 3 amide bonds. The summed E-state index contributed by atoms with van der Waals surface area (Å²) in [6, 6.07) is 3.78. The molecule has 1 fully saturated rings. The molecule has 0 saturated carbocycles. The number of hydrogen-bond acceptors (Lipinski definition) is 8. The molecule has 182 valence electrons. The number of benzene rings is 1. The van der Waals surface area contributed by atoms with Crippen LogP contribution in [-0.2, 0) is 20.3 Å². The zero-order valence-corrected chi connectivity index (χ0v) is 19.5. The predicted molar refractivity (Wildman–Crippen MR) is 122 cm³/mol. The van der Waals surface area contributed by atoms with Crippen molar-refractivity contribution in [3.63, 3.8) is 0 Å². The second-order valence-corrected chi connectivity index (χ2v) is 9.79. The molecule has 11 nitrogen and oxygen atoms in total. The van der Waals surface area contributed by atoms with E-state index >= 15 is 0 Å². The molecule has 2 rings (SSSR count). The number of thiol groups is 1. The number of carbonyl (C=O) groups excluding carboxylic acids is 3. The van der Waals surface area contributed by atoms with Gasteiger partial charge in [0.25, 0.3) is 5.91 Å². The molecule has 0 radical (unpaired) electrons. The smallest absolute Gasteiger partial charge is 0.251 e. The maximum atomic E-state index is 12.0.